The second kappa shape index (κ2) is 8.07. The third-order valence-electron chi connectivity index (χ3n) is 5.24. The molecule has 0 aromatic heterocycles. The minimum atomic E-state index is -0.650. The van der Waals surface area contributed by atoms with Crippen LogP contribution in [0.15, 0.2) is 48.5 Å². The first-order chi connectivity index (χ1) is 13.7. The maximum Gasteiger partial charge on any atom is 0.251 e. The Labute approximate surface area is 171 Å². The Morgan fingerprint density at radius 1 is 1.21 bits per heavy atom. The molecule has 1 fully saturated rings. The second-order valence-corrected chi connectivity index (χ2v) is 8.20. The van der Waals surface area contributed by atoms with Crippen LogP contribution in [-0.4, -0.2) is 36.3 Å². The van der Waals surface area contributed by atoms with E-state index in [0.29, 0.717) is 18.0 Å². The van der Waals surface area contributed by atoms with Crippen molar-refractivity contribution in [1.29, 1.82) is 5.41 Å². The fraction of sp³-hybridized carbons (Fsp3) is 0.348. The molecule has 0 unspecified atom stereocenters. The summed E-state index contributed by atoms with van der Waals surface area (Å²) in [5, 5.41) is 14.1. The van der Waals surface area contributed by atoms with Gasteiger partial charge in [0.15, 0.2) is 5.96 Å². The average molecular weight is 393 g/mol. The summed E-state index contributed by atoms with van der Waals surface area (Å²) in [6, 6.07) is 15.4. The molecule has 1 saturated heterocycles. The van der Waals surface area contributed by atoms with Gasteiger partial charge in [-0.2, -0.15) is 0 Å². The minimum absolute atomic E-state index is 0.0836. The molecular formula is C23H28N4O2. The van der Waals surface area contributed by atoms with E-state index in [2.05, 4.69) is 24.5 Å². The second-order valence-electron chi connectivity index (χ2n) is 8.20. The van der Waals surface area contributed by atoms with Crippen molar-refractivity contribution >= 4 is 17.8 Å². The molecule has 0 bridgehead atoms. The predicted molar refractivity (Wildman–Crippen MR) is 115 cm³/mol. The van der Waals surface area contributed by atoms with E-state index in [4.69, 9.17) is 5.41 Å². The number of nitrogens with one attached hydrogen (secondary N) is 3. The molecule has 1 aliphatic rings. The summed E-state index contributed by atoms with van der Waals surface area (Å²) in [7, 11) is 1.60. The molecule has 1 atom stereocenters. The third-order valence-corrected chi connectivity index (χ3v) is 5.24. The number of benzene rings is 2. The SMILES string of the molecule is CC(C)CNC(=O)c1cccc(-c2cccc([C@]3(C)CC(=O)N(C)C(=N)N3)c2)c1. The highest BCUT2D eigenvalue weighted by atomic mass is 16.2. The fourth-order valence-corrected chi connectivity index (χ4v) is 3.39. The standard InChI is InChI=1S/C23H28N4O2/c1-15(2)14-25-21(29)18-9-5-7-16(11-18)17-8-6-10-19(12-17)23(3)13-20(28)27(4)22(24)26-23/h5-12,15H,13-14H2,1-4H3,(H2,24,26)(H,25,29)/t23-/m0/s1. The van der Waals surface area contributed by atoms with Crippen LogP contribution in [-0.2, 0) is 10.3 Å². The van der Waals surface area contributed by atoms with Crippen molar-refractivity contribution in [2.75, 3.05) is 13.6 Å². The molecule has 3 N–H and O–H groups in total. The van der Waals surface area contributed by atoms with Crippen molar-refractivity contribution in [2.45, 2.75) is 32.7 Å². The number of amides is 2. The lowest BCUT2D eigenvalue weighted by molar-refractivity contribution is -0.129. The Kier molecular flexibility index (Phi) is 5.73. The minimum Gasteiger partial charge on any atom is -0.352 e. The van der Waals surface area contributed by atoms with E-state index < -0.39 is 5.54 Å². The van der Waals surface area contributed by atoms with Gasteiger partial charge in [-0.15, -0.1) is 0 Å². The summed E-state index contributed by atoms with van der Waals surface area (Å²) < 4.78 is 0. The summed E-state index contributed by atoms with van der Waals surface area (Å²) in [6.45, 7) is 6.69. The molecule has 2 amide bonds. The molecule has 2 aromatic carbocycles. The van der Waals surface area contributed by atoms with Crippen LogP contribution in [0.25, 0.3) is 11.1 Å². The van der Waals surface area contributed by atoms with Gasteiger partial charge in [-0.3, -0.25) is 19.9 Å². The number of carbonyl (C=O) groups excluding carboxylic acids is 2. The van der Waals surface area contributed by atoms with Crippen molar-refractivity contribution in [2.24, 2.45) is 5.92 Å². The quantitative estimate of drug-likeness (QED) is 0.729. The van der Waals surface area contributed by atoms with E-state index in [-0.39, 0.29) is 24.2 Å². The lowest BCUT2D eigenvalue weighted by Gasteiger charge is -2.39. The topological polar surface area (TPSA) is 85.3 Å². The zero-order valence-electron chi connectivity index (χ0n) is 17.4. The van der Waals surface area contributed by atoms with Crippen LogP contribution in [0.3, 0.4) is 0 Å². The van der Waals surface area contributed by atoms with Crippen molar-refractivity contribution in [3.8, 4) is 11.1 Å². The van der Waals surface area contributed by atoms with E-state index in [1.54, 1.807) is 7.05 Å². The highest BCUT2D eigenvalue weighted by Crippen LogP contribution is 2.31. The summed E-state index contributed by atoms with van der Waals surface area (Å²) in [5.74, 6) is 0.311. The number of guanidine groups is 1. The van der Waals surface area contributed by atoms with E-state index in [0.717, 1.165) is 16.7 Å². The third kappa shape index (κ3) is 4.47. The predicted octanol–water partition coefficient (Wildman–Crippen LogP) is 3.34. The molecule has 3 rings (SSSR count). The molecule has 29 heavy (non-hydrogen) atoms. The maximum absolute atomic E-state index is 12.4. The largest absolute Gasteiger partial charge is 0.352 e. The van der Waals surface area contributed by atoms with Gasteiger partial charge in [0.1, 0.15) is 0 Å². The highest BCUT2D eigenvalue weighted by molar-refractivity contribution is 5.99. The van der Waals surface area contributed by atoms with Crippen molar-refractivity contribution in [3.05, 3.63) is 59.7 Å². The average Bonchev–Trinajstić information content (AvgIpc) is 2.70. The maximum atomic E-state index is 12.4. The van der Waals surface area contributed by atoms with E-state index in [1.807, 2.05) is 55.5 Å². The normalized spacial score (nSPS) is 19.3. The van der Waals surface area contributed by atoms with Gasteiger partial charge in [-0.25, -0.2) is 0 Å². The zero-order valence-corrected chi connectivity index (χ0v) is 17.4. The van der Waals surface area contributed by atoms with Gasteiger partial charge >= 0.3 is 0 Å². The number of rotatable bonds is 5. The molecule has 1 aliphatic heterocycles. The van der Waals surface area contributed by atoms with Crippen LogP contribution >= 0.6 is 0 Å². The van der Waals surface area contributed by atoms with Crippen LogP contribution in [0.5, 0.6) is 0 Å². The number of hydrogen-bond acceptors (Lipinski definition) is 3. The smallest absolute Gasteiger partial charge is 0.251 e. The van der Waals surface area contributed by atoms with Gasteiger partial charge in [-0.05, 0) is 47.7 Å². The zero-order chi connectivity index (χ0) is 21.2. The Morgan fingerprint density at radius 3 is 2.52 bits per heavy atom. The van der Waals surface area contributed by atoms with Crippen LogP contribution in [0.2, 0.25) is 0 Å². The summed E-state index contributed by atoms with van der Waals surface area (Å²) in [5.41, 5.74) is 2.79. The Morgan fingerprint density at radius 2 is 1.86 bits per heavy atom. The Hall–Kier alpha value is -3.15. The van der Waals surface area contributed by atoms with E-state index in [9.17, 15) is 9.59 Å². The monoisotopic (exact) mass is 392 g/mol. The molecule has 0 radical (unpaired) electrons. The lowest BCUT2D eigenvalue weighted by atomic mass is 9.85. The molecule has 6 nitrogen and oxygen atoms in total. The molecule has 1 heterocycles. The summed E-state index contributed by atoms with van der Waals surface area (Å²) >= 11 is 0. The van der Waals surface area contributed by atoms with Gasteiger partial charge in [0.05, 0.1) is 12.0 Å². The molecule has 0 saturated carbocycles. The van der Waals surface area contributed by atoms with Gasteiger partial charge in [0, 0.05) is 19.2 Å². The molecule has 0 aliphatic carbocycles. The number of carbonyl (C=O) groups is 2. The van der Waals surface area contributed by atoms with Crippen molar-refractivity contribution in [3.63, 3.8) is 0 Å². The van der Waals surface area contributed by atoms with E-state index in [1.165, 1.54) is 4.90 Å². The first-order valence-electron chi connectivity index (χ1n) is 9.82. The lowest BCUT2D eigenvalue weighted by Crippen LogP contribution is -2.58. The van der Waals surface area contributed by atoms with Crippen molar-refractivity contribution < 1.29 is 9.59 Å². The molecular weight excluding hydrogens is 364 g/mol. The molecule has 152 valence electrons. The first kappa shape index (κ1) is 20.6. The van der Waals surface area contributed by atoms with Gasteiger partial charge in [0.2, 0.25) is 5.91 Å². The Bertz CT molecular complexity index is 933. The van der Waals surface area contributed by atoms with E-state index >= 15 is 0 Å². The van der Waals surface area contributed by atoms with Gasteiger partial charge < -0.3 is 10.6 Å². The van der Waals surface area contributed by atoms with Crippen LogP contribution < -0.4 is 10.6 Å². The number of nitrogens with zero attached hydrogens (tertiary/aromatic N) is 1. The summed E-state index contributed by atoms with van der Waals surface area (Å²) in [4.78, 5) is 26.0. The Balaban J connectivity index is 1.88. The van der Waals surface area contributed by atoms with Gasteiger partial charge in [-0.1, -0.05) is 44.2 Å². The van der Waals surface area contributed by atoms with Crippen molar-refractivity contribution in [1.82, 2.24) is 15.5 Å². The first-order valence-corrected chi connectivity index (χ1v) is 9.82. The van der Waals surface area contributed by atoms with Crippen LogP contribution in [0, 0.1) is 11.3 Å². The molecule has 2 aromatic rings. The number of hydrogen-bond donors (Lipinski definition) is 3. The molecule has 6 heteroatoms. The van der Waals surface area contributed by atoms with Gasteiger partial charge in [0.25, 0.3) is 5.91 Å². The summed E-state index contributed by atoms with van der Waals surface area (Å²) in [6.07, 6.45) is 0.271. The highest BCUT2D eigenvalue weighted by Gasteiger charge is 2.37. The van der Waals surface area contributed by atoms with Crippen LogP contribution in [0.1, 0.15) is 43.1 Å². The van der Waals surface area contributed by atoms with Crippen LogP contribution in [0.4, 0.5) is 0 Å². The fourth-order valence-electron chi connectivity index (χ4n) is 3.39. The molecule has 0 spiro atoms.